The minimum atomic E-state index is 0.256. The van der Waals surface area contributed by atoms with E-state index in [-0.39, 0.29) is 5.92 Å². The van der Waals surface area contributed by atoms with Crippen molar-refractivity contribution < 1.29 is 0 Å². The summed E-state index contributed by atoms with van der Waals surface area (Å²) in [5, 5.41) is 4.11. The molecule has 2 aromatic heterocycles. The number of nitrogens with zero attached hydrogens (tertiary/aromatic N) is 3. The minimum Gasteiger partial charge on any atom is -0.340 e. The summed E-state index contributed by atoms with van der Waals surface area (Å²) in [5.74, 6) is 1.18. The van der Waals surface area contributed by atoms with Gasteiger partial charge in [-0.15, -0.1) is 0 Å². The molecule has 0 radical (unpaired) electrons. The van der Waals surface area contributed by atoms with Gasteiger partial charge in [0.1, 0.15) is 5.82 Å². The van der Waals surface area contributed by atoms with E-state index in [1.165, 1.54) is 0 Å². The number of aromatic amines is 1. The SMILES string of the molecule is CC(CN)c1ncc(-c2ccnn2C)[nH]1. The molecule has 3 N–H and O–H groups in total. The van der Waals surface area contributed by atoms with Gasteiger partial charge in [-0.3, -0.25) is 4.68 Å². The van der Waals surface area contributed by atoms with Crippen LogP contribution in [0.4, 0.5) is 0 Å². The average molecular weight is 205 g/mol. The highest BCUT2D eigenvalue weighted by atomic mass is 15.3. The van der Waals surface area contributed by atoms with Crippen LogP contribution >= 0.6 is 0 Å². The molecular formula is C10H15N5. The number of imidazole rings is 1. The lowest BCUT2D eigenvalue weighted by Gasteiger charge is -2.03. The number of rotatable bonds is 3. The van der Waals surface area contributed by atoms with Crippen molar-refractivity contribution >= 4 is 0 Å². The summed E-state index contributed by atoms with van der Waals surface area (Å²) in [7, 11) is 1.90. The molecule has 15 heavy (non-hydrogen) atoms. The Hall–Kier alpha value is -1.62. The second-order valence-corrected chi connectivity index (χ2v) is 3.66. The monoisotopic (exact) mass is 205 g/mol. The van der Waals surface area contributed by atoms with Gasteiger partial charge in [-0.05, 0) is 6.07 Å². The lowest BCUT2D eigenvalue weighted by molar-refractivity contribution is 0.723. The molecule has 2 rings (SSSR count). The van der Waals surface area contributed by atoms with E-state index in [0.717, 1.165) is 17.2 Å². The van der Waals surface area contributed by atoms with E-state index >= 15 is 0 Å². The molecule has 1 unspecified atom stereocenters. The zero-order valence-corrected chi connectivity index (χ0v) is 8.94. The molecule has 0 aromatic carbocycles. The quantitative estimate of drug-likeness (QED) is 0.781. The van der Waals surface area contributed by atoms with Crippen molar-refractivity contribution in [1.82, 2.24) is 19.7 Å². The second-order valence-electron chi connectivity index (χ2n) is 3.66. The maximum atomic E-state index is 5.58. The third-order valence-electron chi connectivity index (χ3n) is 2.51. The fourth-order valence-corrected chi connectivity index (χ4v) is 1.47. The van der Waals surface area contributed by atoms with Gasteiger partial charge < -0.3 is 10.7 Å². The van der Waals surface area contributed by atoms with Crippen molar-refractivity contribution in [3.63, 3.8) is 0 Å². The Balaban J connectivity index is 2.32. The Kier molecular flexibility index (Phi) is 2.55. The zero-order valence-electron chi connectivity index (χ0n) is 8.94. The lowest BCUT2D eigenvalue weighted by atomic mass is 10.2. The molecular weight excluding hydrogens is 190 g/mol. The van der Waals surface area contributed by atoms with Crippen molar-refractivity contribution in [2.75, 3.05) is 6.54 Å². The Labute approximate surface area is 88.3 Å². The van der Waals surface area contributed by atoms with Gasteiger partial charge in [-0.25, -0.2) is 4.98 Å². The van der Waals surface area contributed by atoms with Gasteiger partial charge >= 0.3 is 0 Å². The van der Waals surface area contributed by atoms with E-state index in [4.69, 9.17) is 5.73 Å². The van der Waals surface area contributed by atoms with Crippen LogP contribution in [0.25, 0.3) is 11.4 Å². The lowest BCUT2D eigenvalue weighted by Crippen LogP contribution is -2.10. The molecule has 1 atom stereocenters. The predicted octanol–water partition coefficient (Wildman–Crippen LogP) is 0.872. The Morgan fingerprint density at radius 2 is 2.40 bits per heavy atom. The first kappa shape index (κ1) is 9.92. The number of H-pyrrole nitrogens is 1. The first-order valence-electron chi connectivity index (χ1n) is 4.95. The van der Waals surface area contributed by atoms with Crippen LogP contribution in [0, 0.1) is 0 Å². The molecule has 2 heterocycles. The summed E-state index contributed by atoms with van der Waals surface area (Å²) >= 11 is 0. The van der Waals surface area contributed by atoms with Crippen LogP contribution in [0.2, 0.25) is 0 Å². The van der Waals surface area contributed by atoms with Crippen LogP contribution in [0.1, 0.15) is 18.7 Å². The molecule has 0 aliphatic carbocycles. The molecule has 0 aliphatic rings. The van der Waals surface area contributed by atoms with Gasteiger partial charge in [0.05, 0.1) is 17.6 Å². The largest absolute Gasteiger partial charge is 0.340 e. The number of nitrogens with one attached hydrogen (secondary N) is 1. The normalized spacial score (nSPS) is 13.0. The van der Waals surface area contributed by atoms with Gasteiger partial charge in [0.25, 0.3) is 0 Å². The fourth-order valence-electron chi connectivity index (χ4n) is 1.47. The number of aromatic nitrogens is 4. The average Bonchev–Trinajstić information content (AvgIpc) is 2.84. The number of aryl methyl sites for hydroxylation is 1. The minimum absolute atomic E-state index is 0.256. The van der Waals surface area contributed by atoms with Crippen molar-refractivity contribution in [1.29, 1.82) is 0 Å². The fraction of sp³-hybridized carbons (Fsp3) is 0.400. The van der Waals surface area contributed by atoms with Crippen LogP contribution in [0.15, 0.2) is 18.5 Å². The molecule has 2 aromatic rings. The van der Waals surface area contributed by atoms with Crippen molar-refractivity contribution in [3.05, 3.63) is 24.3 Å². The number of nitrogens with two attached hydrogens (primary N) is 1. The van der Waals surface area contributed by atoms with E-state index in [9.17, 15) is 0 Å². The molecule has 0 saturated heterocycles. The van der Waals surface area contributed by atoms with Gasteiger partial charge in [0.2, 0.25) is 0 Å². The Morgan fingerprint density at radius 3 is 3.00 bits per heavy atom. The second kappa shape index (κ2) is 3.86. The smallest absolute Gasteiger partial charge is 0.110 e. The number of hydrogen-bond donors (Lipinski definition) is 2. The molecule has 0 saturated carbocycles. The summed E-state index contributed by atoms with van der Waals surface area (Å²) in [5.41, 5.74) is 7.59. The molecule has 80 valence electrons. The highest BCUT2D eigenvalue weighted by molar-refractivity contribution is 5.53. The van der Waals surface area contributed by atoms with E-state index < -0.39 is 0 Å². The number of hydrogen-bond acceptors (Lipinski definition) is 3. The Bertz CT molecular complexity index is 442. The van der Waals surface area contributed by atoms with Crippen molar-refractivity contribution in [2.45, 2.75) is 12.8 Å². The molecule has 5 nitrogen and oxygen atoms in total. The van der Waals surface area contributed by atoms with Crippen LogP contribution in [-0.2, 0) is 7.05 Å². The highest BCUT2D eigenvalue weighted by Crippen LogP contribution is 2.18. The summed E-state index contributed by atoms with van der Waals surface area (Å²) in [6, 6.07) is 1.95. The molecule has 0 aliphatic heterocycles. The summed E-state index contributed by atoms with van der Waals surface area (Å²) in [4.78, 5) is 7.56. The van der Waals surface area contributed by atoms with E-state index in [0.29, 0.717) is 6.54 Å². The predicted molar refractivity (Wildman–Crippen MR) is 58.3 cm³/mol. The molecule has 0 spiro atoms. The summed E-state index contributed by atoms with van der Waals surface area (Å²) in [6.45, 7) is 2.64. The van der Waals surface area contributed by atoms with Crippen LogP contribution in [-0.4, -0.2) is 26.3 Å². The maximum Gasteiger partial charge on any atom is 0.110 e. The van der Waals surface area contributed by atoms with E-state index in [1.54, 1.807) is 6.20 Å². The van der Waals surface area contributed by atoms with Gasteiger partial charge in [-0.2, -0.15) is 5.10 Å². The first-order chi connectivity index (χ1) is 7.22. The van der Waals surface area contributed by atoms with Crippen LogP contribution in [0.3, 0.4) is 0 Å². The zero-order chi connectivity index (χ0) is 10.8. The van der Waals surface area contributed by atoms with Crippen molar-refractivity contribution in [2.24, 2.45) is 12.8 Å². The Morgan fingerprint density at radius 1 is 1.60 bits per heavy atom. The summed E-state index contributed by atoms with van der Waals surface area (Å²) in [6.07, 6.45) is 3.58. The van der Waals surface area contributed by atoms with E-state index in [2.05, 4.69) is 15.1 Å². The molecule has 5 heteroatoms. The van der Waals surface area contributed by atoms with E-state index in [1.807, 2.05) is 30.9 Å². The molecule has 0 fully saturated rings. The van der Waals surface area contributed by atoms with Gasteiger partial charge in [-0.1, -0.05) is 6.92 Å². The highest BCUT2D eigenvalue weighted by Gasteiger charge is 2.10. The standard InChI is InChI=1S/C10H15N5/c1-7(5-11)10-12-6-8(14-10)9-3-4-13-15(9)2/h3-4,6-7H,5,11H2,1-2H3,(H,12,14). The van der Waals surface area contributed by atoms with Gasteiger partial charge in [0, 0.05) is 25.7 Å². The molecule has 0 bridgehead atoms. The topological polar surface area (TPSA) is 72.5 Å². The first-order valence-corrected chi connectivity index (χ1v) is 4.95. The maximum absolute atomic E-state index is 5.58. The third kappa shape index (κ3) is 1.78. The molecule has 0 amide bonds. The van der Waals surface area contributed by atoms with Gasteiger partial charge in [0.15, 0.2) is 0 Å². The third-order valence-corrected chi connectivity index (χ3v) is 2.51. The van der Waals surface area contributed by atoms with Crippen LogP contribution < -0.4 is 5.73 Å². The van der Waals surface area contributed by atoms with Crippen LogP contribution in [0.5, 0.6) is 0 Å². The summed E-state index contributed by atoms with van der Waals surface area (Å²) < 4.78 is 1.81. The van der Waals surface area contributed by atoms with Crippen molar-refractivity contribution in [3.8, 4) is 11.4 Å².